The van der Waals surface area contributed by atoms with Crippen LogP contribution in [0.2, 0.25) is 0 Å². The standard InChI is InChI=1S/C27H24IN3O3S/c1-35(33,34)31(26-12-8-24(28)9-13-26)19-22-2-6-23(7-3-22)27(32)30-25-10-4-20(5-11-25)18-21-14-16-29-17-15-21/h2-17H,18-19H2,1H3,(H,30,32). The fraction of sp³-hybridized carbons (Fsp3) is 0.111. The largest absolute Gasteiger partial charge is 0.322 e. The van der Waals surface area contributed by atoms with Crippen molar-refractivity contribution >= 4 is 49.9 Å². The van der Waals surface area contributed by atoms with Gasteiger partial charge in [0.1, 0.15) is 0 Å². The van der Waals surface area contributed by atoms with Gasteiger partial charge in [0, 0.05) is 27.2 Å². The number of sulfonamides is 1. The molecule has 0 aliphatic rings. The number of aromatic nitrogens is 1. The smallest absolute Gasteiger partial charge is 0.255 e. The maximum absolute atomic E-state index is 12.7. The van der Waals surface area contributed by atoms with Crippen LogP contribution in [0.4, 0.5) is 11.4 Å². The molecule has 0 atom stereocenters. The lowest BCUT2D eigenvalue weighted by molar-refractivity contribution is 0.102. The average Bonchev–Trinajstić information content (AvgIpc) is 2.85. The van der Waals surface area contributed by atoms with Gasteiger partial charge in [-0.15, -0.1) is 0 Å². The maximum Gasteiger partial charge on any atom is 0.255 e. The van der Waals surface area contributed by atoms with Crippen LogP contribution in [-0.2, 0) is 23.0 Å². The molecule has 4 aromatic rings. The van der Waals surface area contributed by atoms with E-state index in [-0.39, 0.29) is 12.5 Å². The molecule has 0 aliphatic carbocycles. The Morgan fingerprint density at radius 2 is 1.40 bits per heavy atom. The van der Waals surface area contributed by atoms with E-state index >= 15 is 0 Å². The number of nitrogens with zero attached hydrogens (tertiary/aromatic N) is 2. The van der Waals surface area contributed by atoms with Crippen LogP contribution in [0.3, 0.4) is 0 Å². The minimum absolute atomic E-state index is 0.181. The van der Waals surface area contributed by atoms with Crippen LogP contribution >= 0.6 is 22.6 Å². The number of halogens is 1. The first-order valence-electron chi connectivity index (χ1n) is 10.9. The summed E-state index contributed by atoms with van der Waals surface area (Å²) in [5.41, 5.74) is 4.90. The molecule has 35 heavy (non-hydrogen) atoms. The van der Waals surface area contributed by atoms with Gasteiger partial charge in [-0.1, -0.05) is 24.3 Å². The van der Waals surface area contributed by atoms with Crippen molar-refractivity contribution in [2.45, 2.75) is 13.0 Å². The molecular weight excluding hydrogens is 573 g/mol. The van der Waals surface area contributed by atoms with Crippen LogP contribution in [0.5, 0.6) is 0 Å². The molecule has 0 spiro atoms. The zero-order valence-electron chi connectivity index (χ0n) is 19.1. The zero-order chi connectivity index (χ0) is 24.8. The molecule has 0 radical (unpaired) electrons. The van der Waals surface area contributed by atoms with E-state index in [0.717, 1.165) is 21.1 Å². The van der Waals surface area contributed by atoms with Crippen LogP contribution in [-0.4, -0.2) is 25.6 Å². The molecule has 8 heteroatoms. The van der Waals surface area contributed by atoms with E-state index in [2.05, 4.69) is 32.9 Å². The number of nitrogens with one attached hydrogen (secondary N) is 1. The molecule has 0 bridgehead atoms. The molecule has 0 saturated carbocycles. The third-order valence-corrected chi connectivity index (χ3v) is 7.29. The zero-order valence-corrected chi connectivity index (χ0v) is 22.0. The van der Waals surface area contributed by atoms with Gasteiger partial charge >= 0.3 is 0 Å². The second-order valence-electron chi connectivity index (χ2n) is 8.13. The Labute approximate surface area is 219 Å². The Morgan fingerprint density at radius 1 is 0.829 bits per heavy atom. The van der Waals surface area contributed by atoms with Gasteiger partial charge < -0.3 is 5.32 Å². The highest BCUT2D eigenvalue weighted by molar-refractivity contribution is 14.1. The van der Waals surface area contributed by atoms with E-state index in [1.54, 1.807) is 48.8 Å². The third-order valence-electron chi connectivity index (χ3n) is 5.43. The molecule has 0 aliphatic heterocycles. The first kappa shape index (κ1) is 24.9. The van der Waals surface area contributed by atoms with Crippen LogP contribution in [0, 0.1) is 3.57 Å². The fourth-order valence-corrected chi connectivity index (χ4v) is 4.83. The predicted octanol–water partition coefficient (Wildman–Crippen LogP) is 5.50. The number of anilines is 2. The summed E-state index contributed by atoms with van der Waals surface area (Å²) in [7, 11) is -3.47. The summed E-state index contributed by atoms with van der Waals surface area (Å²) >= 11 is 2.18. The summed E-state index contributed by atoms with van der Waals surface area (Å²) in [6, 6.07) is 26.0. The van der Waals surface area contributed by atoms with Gasteiger partial charge in [0.2, 0.25) is 10.0 Å². The van der Waals surface area contributed by atoms with Crippen LogP contribution in [0.15, 0.2) is 97.3 Å². The molecule has 1 N–H and O–H groups in total. The number of hydrogen-bond donors (Lipinski definition) is 1. The highest BCUT2D eigenvalue weighted by atomic mass is 127. The molecule has 1 amide bonds. The lowest BCUT2D eigenvalue weighted by atomic mass is 10.1. The van der Waals surface area contributed by atoms with E-state index in [0.29, 0.717) is 16.9 Å². The summed E-state index contributed by atoms with van der Waals surface area (Å²) in [6.07, 6.45) is 5.53. The number of carbonyl (C=O) groups is 1. The Bertz CT molecular complexity index is 1390. The number of benzene rings is 3. The molecule has 0 saturated heterocycles. The molecular formula is C27H24IN3O3S. The second-order valence-corrected chi connectivity index (χ2v) is 11.3. The number of hydrogen-bond acceptors (Lipinski definition) is 4. The molecule has 3 aromatic carbocycles. The predicted molar refractivity (Wildman–Crippen MR) is 148 cm³/mol. The summed E-state index contributed by atoms with van der Waals surface area (Å²) in [4.78, 5) is 16.7. The van der Waals surface area contributed by atoms with E-state index in [4.69, 9.17) is 0 Å². The molecule has 1 heterocycles. The molecule has 178 valence electrons. The first-order chi connectivity index (χ1) is 16.8. The van der Waals surface area contributed by atoms with Gasteiger partial charge in [0.05, 0.1) is 18.5 Å². The first-order valence-corrected chi connectivity index (χ1v) is 13.8. The lowest BCUT2D eigenvalue weighted by Crippen LogP contribution is -2.29. The maximum atomic E-state index is 12.7. The Balaban J connectivity index is 1.40. The van der Waals surface area contributed by atoms with Crippen molar-refractivity contribution < 1.29 is 13.2 Å². The van der Waals surface area contributed by atoms with Crippen molar-refractivity contribution in [2.75, 3.05) is 15.9 Å². The number of pyridine rings is 1. The summed E-state index contributed by atoms with van der Waals surface area (Å²) in [5.74, 6) is -0.226. The van der Waals surface area contributed by atoms with Crippen molar-refractivity contribution in [3.05, 3.63) is 123 Å². The highest BCUT2D eigenvalue weighted by Crippen LogP contribution is 2.22. The number of rotatable bonds is 8. The van der Waals surface area contributed by atoms with Crippen molar-refractivity contribution in [1.82, 2.24) is 4.98 Å². The Kier molecular flexibility index (Phi) is 7.82. The SMILES string of the molecule is CS(=O)(=O)N(Cc1ccc(C(=O)Nc2ccc(Cc3ccncc3)cc2)cc1)c1ccc(I)cc1. The van der Waals surface area contributed by atoms with Crippen molar-refractivity contribution in [1.29, 1.82) is 0 Å². The van der Waals surface area contributed by atoms with Gasteiger partial charge in [-0.05, 0) is 106 Å². The lowest BCUT2D eigenvalue weighted by Gasteiger charge is -2.22. The van der Waals surface area contributed by atoms with Gasteiger partial charge in [-0.3, -0.25) is 14.1 Å². The minimum Gasteiger partial charge on any atom is -0.322 e. The van der Waals surface area contributed by atoms with E-state index < -0.39 is 10.0 Å². The van der Waals surface area contributed by atoms with Crippen molar-refractivity contribution in [2.24, 2.45) is 0 Å². The van der Waals surface area contributed by atoms with Gasteiger partial charge in [-0.2, -0.15) is 0 Å². The summed E-state index contributed by atoms with van der Waals surface area (Å²) in [6.45, 7) is 0.181. The molecule has 6 nitrogen and oxygen atoms in total. The van der Waals surface area contributed by atoms with Gasteiger partial charge in [0.15, 0.2) is 0 Å². The van der Waals surface area contributed by atoms with Crippen molar-refractivity contribution in [3.63, 3.8) is 0 Å². The number of amides is 1. The summed E-state index contributed by atoms with van der Waals surface area (Å²) < 4.78 is 27.1. The number of carbonyl (C=O) groups excluding carboxylic acids is 1. The van der Waals surface area contributed by atoms with Crippen molar-refractivity contribution in [3.8, 4) is 0 Å². The van der Waals surface area contributed by atoms with Crippen LogP contribution in [0.25, 0.3) is 0 Å². The van der Waals surface area contributed by atoms with Crippen LogP contribution < -0.4 is 9.62 Å². The second kappa shape index (κ2) is 11.0. The molecule has 0 unspecified atom stereocenters. The van der Waals surface area contributed by atoms with Gasteiger partial charge in [0.25, 0.3) is 5.91 Å². The quantitative estimate of drug-likeness (QED) is 0.273. The monoisotopic (exact) mass is 597 g/mol. The van der Waals surface area contributed by atoms with E-state index in [9.17, 15) is 13.2 Å². The highest BCUT2D eigenvalue weighted by Gasteiger charge is 2.18. The molecule has 4 rings (SSSR count). The topological polar surface area (TPSA) is 79.4 Å². The molecule has 1 aromatic heterocycles. The third kappa shape index (κ3) is 6.89. The fourth-order valence-electron chi connectivity index (χ4n) is 3.58. The van der Waals surface area contributed by atoms with Crippen LogP contribution in [0.1, 0.15) is 27.0 Å². The van der Waals surface area contributed by atoms with E-state index in [1.165, 1.54) is 16.1 Å². The molecule has 0 fully saturated rings. The normalized spacial score (nSPS) is 11.1. The summed E-state index contributed by atoms with van der Waals surface area (Å²) in [5, 5.41) is 2.91. The Hall–Kier alpha value is -3.24. The van der Waals surface area contributed by atoms with E-state index in [1.807, 2.05) is 48.5 Å². The average molecular weight is 597 g/mol. The van der Waals surface area contributed by atoms with Gasteiger partial charge in [-0.25, -0.2) is 8.42 Å². The minimum atomic E-state index is -3.47. The Morgan fingerprint density at radius 3 is 2.00 bits per heavy atom.